The predicted octanol–water partition coefficient (Wildman–Crippen LogP) is 1.13. The highest BCUT2D eigenvalue weighted by molar-refractivity contribution is 5.95. The summed E-state index contributed by atoms with van der Waals surface area (Å²) < 4.78 is 0. The molecule has 1 aromatic rings. The maximum absolute atomic E-state index is 12.3. The van der Waals surface area contributed by atoms with Crippen LogP contribution in [0.2, 0.25) is 0 Å². The van der Waals surface area contributed by atoms with Gasteiger partial charge in [0.25, 0.3) is 0 Å². The van der Waals surface area contributed by atoms with Crippen LogP contribution in [0.4, 0.5) is 0 Å². The largest absolute Gasteiger partial charge is 0.342 e. The van der Waals surface area contributed by atoms with Crippen molar-refractivity contribution in [3.63, 3.8) is 0 Å². The van der Waals surface area contributed by atoms with Crippen LogP contribution in [0.25, 0.3) is 0 Å². The number of piperazine rings is 1. The van der Waals surface area contributed by atoms with Gasteiger partial charge in [0.15, 0.2) is 0 Å². The van der Waals surface area contributed by atoms with Crippen LogP contribution in [-0.4, -0.2) is 35.3 Å². The third-order valence-corrected chi connectivity index (χ3v) is 3.35. The van der Waals surface area contributed by atoms with Crippen LogP contribution in [0, 0.1) is 0 Å². The molecule has 0 aromatic heterocycles. The molecule has 1 aromatic carbocycles. The zero-order valence-corrected chi connectivity index (χ0v) is 11.0. The van der Waals surface area contributed by atoms with Gasteiger partial charge in [0.1, 0.15) is 12.6 Å². The number of rotatable bonds is 4. The first kappa shape index (κ1) is 13.3. The monoisotopic (exact) mass is 258 g/mol. The van der Waals surface area contributed by atoms with Crippen LogP contribution in [0.1, 0.15) is 12.5 Å². The van der Waals surface area contributed by atoms with E-state index in [1.165, 1.54) is 0 Å². The number of carbonyl (C=O) groups excluding carboxylic acids is 2. The van der Waals surface area contributed by atoms with E-state index in [9.17, 15) is 9.59 Å². The van der Waals surface area contributed by atoms with Crippen molar-refractivity contribution >= 4 is 11.8 Å². The van der Waals surface area contributed by atoms with Crippen LogP contribution < -0.4 is 5.32 Å². The van der Waals surface area contributed by atoms with Crippen LogP contribution in [0.3, 0.4) is 0 Å². The summed E-state index contributed by atoms with van der Waals surface area (Å²) >= 11 is 0. The van der Waals surface area contributed by atoms with E-state index < -0.39 is 6.04 Å². The van der Waals surface area contributed by atoms with E-state index in [1.54, 1.807) is 11.0 Å². The molecule has 1 N–H and O–H groups in total. The SMILES string of the molecule is C=CC(C)N1CC(=O)NC(Cc2ccccc2)C1=O. The lowest BCUT2D eigenvalue weighted by molar-refractivity contribution is -0.145. The second kappa shape index (κ2) is 5.69. The summed E-state index contributed by atoms with van der Waals surface area (Å²) in [5.41, 5.74) is 1.04. The molecular weight excluding hydrogens is 240 g/mol. The molecule has 1 aliphatic heterocycles. The fraction of sp³-hybridized carbons (Fsp3) is 0.333. The van der Waals surface area contributed by atoms with Gasteiger partial charge in [-0.2, -0.15) is 0 Å². The highest BCUT2D eigenvalue weighted by Crippen LogP contribution is 2.12. The Morgan fingerprint density at radius 1 is 1.42 bits per heavy atom. The average Bonchev–Trinajstić information content (AvgIpc) is 2.42. The summed E-state index contributed by atoms with van der Waals surface area (Å²) in [5.74, 6) is -0.162. The molecule has 0 aliphatic carbocycles. The Labute approximate surface area is 113 Å². The molecule has 4 heteroatoms. The van der Waals surface area contributed by atoms with E-state index in [-0.39, 0.29) is 24.4 Å². The lowest BCUT2D eigenvalue weighted by Gasteiger charge is -2.35. The van der Waals surface area contributed by atoms with Crippen molar-refractivity contribution in [2.75, 3.05) is 6.54 Å². The Kier molecular flexibility index (Phi) is 4.00. The summed E-state index contributed by atoms with van der Waals surface area (Å²) in [6, 6.07) is 9.08. The molecule has 2 atom stereocenters. The molecule has 0 spiro atoms. The standard InChI is InChI=1S/C15H18N2O2/c1-3-11(2)17-10-14(18)16-13(15(17)19)9-12-7-5-4-6-8-12/h3-8,11,13H,1,9-10H2,2H3,(H,16,18). The Morgan fingerprint density at radius 3 is 2.74 bits per heavy atom. The minimum Gasteiger partial charge on any atom is -0.342 e. The van der Waals surface area contributed by atoms with Gasteiger partial charge < -0.3 is 10.2 Å². The lowest BCUT2D eigenvalue weighted by atomic mass is 10.0. The maximum atomic E-state index is 12.3. The van der Waals surface area contributed by atoms with Gasteiger partial charge >= 0.3 is 0 Å². The molecule has 1 fully saturated rings. The third kappa shape index (κ3) is 3.02. The number of amides is 2. The number of nitrogens with one attached hydrogen (secondary N) is 1. The molecule has 1 heterocycles. The molecule has 0 saturated carbocycles. The first-order valence-corrected chi connectivity index (χ1v) is 6.38. The summed E-state index contributed by atoms with van der Waals surface area (Å²) in [7, 11) is 0. The molecule has 2 amide bonds. The van der Waals surface area contributed by atoms with Crippen molar-refractivity contribution in [3.05, 3.63) is 48.6 Å². The molecule has 2 rings (SSSR count). The number of carbonyl (C=O) groups is 2. The molecule has 0 bridgehead atoms. The van der Waals surface area contributed by atoms with Gasteiger partial charge in [0.2, 0.25) is 11.8 Å². The molecule has 2 unspecified atom stereocenters. The average molecular weight is 258 g/mol. The van der Waals surface area contributed by atoms with Crippen LogP contribution in [0.5, 0.6) is 0 Å². The van der Waals surface area contributed by atoms with E-state index in [4.69, 9.17) is 0 Å². The number of hydrogen-bond donors (Lipinski definition) is 1. The van der Waals surface area contributed by atoms with Crippen LogP contribution in [0.15, 0.2) is 43.0 Å². The molecule has 1 saturated heterocycles. The van der Waals surface area contributed by atoms with Crippen molar-refractivity contribution in [2.24, 2.45) is 0 Å². The van der Waals surface area contributed by atoms with Crippen molar-refractivity contribution < 1.29 is 9.59 Å². The summed E-state index contributed by atoms with van der Waals surface area (Å²) in [5, 5.41) is 2.76. The Morgan fingerprint density at radius 2 is 2.11 bits per heavy atom. The van der Waals surface area contributed by atoms with Crippen LogP contribution >= 0.6 is 0 Å². The van der Waals surface area contributed by atoms with Crippen molar-refractivity contribution in [3.8, 4) is 0 Å². The maximum Gasteiger partial charge on any atom is 0.246 e. The van der Waals surface area contributed by atoms with E-state index in [2.05, 4.69) is 11.9 Å². The Bertz CT molecular complexity index is 484. The lowest BCUT2D eigenvalue weighted by Crippen LogP contribution is -2.60. The van der Waals surface area contributed by atoms with Crippen molar-refractivity contribution in [1.29, 1.82) is 0 Å². The first-order valence-electron chi connectivity index (χ1n) is 6.38. The number of hydrogen-bond acceptors (Lipinski definition) is 2. The van der Waals surface area contributed by atoms with Gasteiger partial charge in [0, 0.05) is 12.5 Å². The second-order valence-corrected chi connectivity index (χ2v) is 4.75. The van der Waals surface area contributed by atoms with Gasteiger partial charge in [-0.15, -0.1) is 6.58 Å². The normalized spacial score (nSPS) is 20.9. The zero-order chi connectivity index (χ0) is 13.8. The number of benzene rings is 1. The minimum atomic E-state index is -0.481. The molecule has 100 valence electrons. The summed E-state index contributed by atoms with van der Waals surface area (Å²) in [6.07, 6.45) is 2.20. The van der Waals surface area contributed by atoms with Gasteiger partial charge in [-0.3, -0.25) is 9.59 Å². The Balaban J connectivity index is 2.13. The highest BCUT2D eigenvalue weighted by Gasteiger charge is 2.34. The van der Waals surface area contributed by atoms with Crippen molar-refractivity contribution in [1.82, 2.24) is 10.2 Å². The second-order valence-electron chi connectivity index (χ2n) is 4.75. The smallest absolute Gasteiger partial charge is 0.246 e. The van der Waals surface area contributed by atoms with E-state index >= 15 is 0 Å². The van der Waals surface area contributed by atoms with Crippen LogP contribution in [-0.2, 0) is 16.0 Å². The molecular formula is C15H18N2O2. The summed E-state index contributed by atoms with van der Waals surface area (Å²) in [4.78, 5) is 25.6. The molecule has 0 radical (unpaired) electrons. The van der Waals surface area contributed by atoms with E-state index in [0.717, 1.165) is 5.56 Å². The fourth-order valence-corrected chi connectivity index (χ4v) is 2.19. The quantitative estimate of drug-likeness (QED) is 0.823. The minimum absolute atomic E-state index is 0.0455. The van der Waals surface area contributed by atoms with Gasteiger partial charge in [-0.1, -0.05) is 36.4 Å². The van der Waals surface area contributed by atoms with E-state index in [0.29, 0.717) is 6.42 Å². The molecule has 1 aliphatic rings. The molecule has 19 heavy (non-hydrogen) atoms. The number of nitrogens with zero attached hydrogens (tertiary/aromatic N) is 1. The van der Waals surface area contributed by atoms with Gasteiger partial charge in [-0.05, 0) is 12.5 Å². The third-order valence-electron chi connectivity index (χ3n) is 3.35. The van der Waals surface area contributed by atoms with E-state index in [1.807, 2.05) is 37.3 Å². The highest BCUT2D eigenvalue weighted by atomic mass is 16.2. The first-order chi connectivity index (χ1) is 9.11. The zero-order valence-electron chi connectivity index (χ0n) is 11.0. The van der Waals surface area contributed by atoms with Gasteiger partial charge in [-0.25, -0.2) is 0 Å². The van der Waals surface area contributed by atoms with Crippen molar-refractivity contribution in [2.45, 2.75) is 25.4 Å². The fourth-order valence-electron chi connectivity index (χ4n) is 2.19. The predicted molar refractivity (Wildman–Crippen MR) is 73.4 cm³/mol. The Hall–Kier alpha value is -2.10. The topological polar surface area (TPSA) is 49.4 Å². The summed E-state index contributed by atoms with van der Waals surface area (Å²) in [6.45, 7) is 5.65. The molecule has 4 nitrogen and oxygen atoms in total. The van der Waals surface area contributed by atoms with Gasteiger partial charge in [0.05, 0.1) is 0 Å².